The van der Waals surface area contributed by atoms with E-state index in [9.17, 15) is 9.59 Å². The summed E-state index contributed by atoms with van der Waals surface area (Å²) in [7, 11) is 0. The molecule has 8 heteroatoms. The largest absolute Gasteiger partial charge is 0.357 e. The quantitative estimate of drug-likeness (QED) is 0.313. The molecule has 1 saturated carbocycles. The molecule has 2 fully saturated rings. The van der Waals surface area contributed by atoms with Crippen LogP contribution in [0.15, 0.2) is 4.99 Å². The molecule has 3 N–H and O–H groups in total. The highest BCUT2D eigenvalue weighted by atomic mass is 127. The Kier molecular flexibility index (Phi) is 10.8. The number of carbonyl (C=O) groups excluding carboxylic acids is 2. The van der Waals surface area contributed by atoms with Crippen molar-refractivity contribution in [3.05, 3.63) is 0 Å². The summed E-state index contributed by atoms with van der Waals surface area (Å²) in [4.78, 5) is 30.2. The lowest BCUT2D eigenvalue weighted by atomic mass is 9.95. The SMILES string of the molecule is CCNC(=NCC(=O)NC1CCCCC1)NCC(=O)N1CCCC1.I. The molecule has 1 aliphatic heterocycles. The Morgan fingerprint density at radius 3 is 2.36 bits per heavy atom. The van der Waals surface area contributed by atoms with E-state index in [-0.39, 0.29) is 48.9 Å². The van der Waals surface area contributed by atoms with Gasteiger partial charge in [0.15, 0.2) is 5.96 Å². The van der Waals surface area contributed by atoms with E-state index in [4.69, 9.17) is 0 Å². The number of halogens is 1. The Morgan fingerprint density at radius 1 is 1.04 bits per heavy atom. The van der Waals surface area contributed by atoms with Crippen LogP contribution >= 0.6 is 24.0 Å². The summed E-state index contributed by atoms with van der Waals surface area (Å²) in [6.45, 7) is 4.64. The maximum Gasteiger partial charge on any atom is 0.242 e. The van der Waals surface area contributed by atoms with Crippen LogP contribution in [-0.2, 0) is 9.59 Å². The van der Waals surface area contributed by atoms with Crippen molar-refractivity contribution in [2.45, 2.75) is 57.9 Å². The van der Waals surface area contributed by atoms with Gasteiger partial charge in [0.25, 0.3) is 0 Å². The van der Waals surface area contributed by atoms with Crippen molar-refractivity contribution in [2.75, 3.05) is 32.7 Å². The second kappa shape index (κ2) is 12.3. The number of amides is 2. The lowest BCUT2D eigenvalue weighted by Crippen LogP contribution is -2.44. The molecule has 1 aliphatic carbocycles. The molecule has 0 radical (unpaired) electrons. The zero-order valence-electron chi connectivity index (χ0n) is 15.2. The Morgan fingerprint density at radius 2 is 1.72 bits per heavy atom. The minimum atomic E-state index is -0.0510. The Balaban J connectivity index is 0.00000312. The standard InChI is InChI=1S/C17H31N5O2.HI/c1-2-18-17(20-13-16(24)22-10-6-7-11-22)19-12-15(23)21-14-8-4-3-5-9-14;/h14H,2-13H2,1H3,(H,21,23)(H2,18,19,20);1H. The maximum absolute atomic E-state index is 12.1. The number of carbonyl (C=O) groups is 2. The first kappa shape index (κ1) is 22.0. The number of hydrogen-bond acceptors (Lipinski definition) is 3. The summed E-state index contributed by atoms with van der Waals surface area (Å²) in [6.07, 6.45) is 7.96. The maximum atomic E-state index is 12.1. The Hall–Kier alpha value is -1.06. The van der Waals surface area contributed by atoms with Gasteiger partial charge in [-0.15, -0.1) is 24.0 Å². The average molecular weight is 465 g/mol. The third kappa shape index (κ3) is 8.24. The number of guanidine groups is 1. The van der Waals surface area contributed by atoms with Crippen molar-refractivity contribution in [3.63, 3.8) is 0 Å². The molecule has 144 valence electrons. The number of nitrogens with zero attached hydrogens (tertiary/aromatic N) is 2. The monoisotopic (exact) mass is 465 g/mol. The Labute approximate surface area is 167 Å². The van der Waals surface area contributed by atoms with Crippen molar-refractivity contribution in [1.29, 1.82) is 0 Å². The fraction of sp³-hybridized carbons (Fsp3) is 0.824. The Bertz CT molecular complexity index is 446. The van der Waals surface area contributed by atoms with Gasteiger partial charge in [0, 0.05) is 25.7 Å². The highest BCUT2D eigenvalue weighted by Gasteiger charge is 2.18. The van der Waals surface area contributed by atoms with E-state index in [0.29, 0.717) is 18.5 Å². The van der Waals surface area contributed by atoms with Gasteiger partial charge in [-0.2, -0.15) is 0 Å². The van der Waals surface area contributed by atoms with Crippen LogP contribution in [0.1, 0.15) is 51.9 Å². The molecule has 0 atom stereocenters. The first-order valence-electron chi connectivity index (χ1n) is 9.28. The molecule has 2 amide bonds. The van der Waals surface area contributed by atoms with Crippen LogP contribution in [-0.4, -0.2) is 61.4 Å². The highest BCUT2D eigenvalue weighted by molar-refractivity contribution is 14.0. The second-order valence-corrected chi connectivity index (χ2v) is 6.54. The van der Waals surface area contributed by atoms with Gasteiger partial charge in [-0.25, -0.2) is 4.99 Å². The van der Waals surface area contributed by atoms with E-state index in [0.717, 1.165) is 38.8 Å². The zero-order valence-corrected chi connectivity index (χ0v) is 17.5. The number of likely N-dealkylation sites (tertiary alicyclic amines) is 1. The van der Waals surface area contributed by atoms with E-state index in [1.54, 1.807) is 0 Å². The molecule has 0 aromatic rings. The van der Waals surface area contributed by atoms with Crippen LogP contribution in [0.2, 0.25) is 0 Å². The van der Waals surface area contributed by atoms with Gasteiger partial charge in [-0.3, -0.25) is 9.59 Å². The fourth-order valence-corrected chi connectivity index (χ4v) is 3.25. The summed E-state index contributed by atoms with van der Waals surface area (Å²) >= 11 is 0. The van der Waals surface area contributed by atoms with Crippen molar-refractivity contribution >= 4 is 41.8 Å². The molecular formula is C17H32IN5O2. The summed E-state index contributed by atoms with van der Waals surface area (Å²) in [5.74, 6) is 0.554. The van der Waals surface area contributed by atoms with Crippen molar-refractivity contribution < 1.29 is 9.59 Å². The van der Waals surface area contributed by atoms with Gasteiger partial charge in [-0.1, -0.05) is 19.3 Å². The van der Waals surface area contributed by atoms with Gasteiger partial charge in [-0.05, 0) is 32.6 Å². The molecule has 1 heterocycles. The molecule has 0 unspecified atom stereocenters. The zero-order chi connectivity index (χ0) is 17.2. The van der Waals surface area contributed by atoms with Gasteiger partial charge in [0.2, 0.25) is 11.8 Å². The second-order valence-electron chi connectivity index (χ2n) is 6.54. The van der Waals surface area contributed by atoms with Crippen LogP contribution in [0.5, 0.6) is 0 Å². The molecular weight excluding hydrogens is 433 g/mol. The smallest absolute Gasteiger partial charge is 0.242 e. The molecule has 2 rings (SSSR count). The highest BCUT2D eigenvalue weighted by Crippen LogP contribution is 2.17. The molecule has 0 aromatic heterocycles. The van der Waals surface area contributed by atoms with Crippen LogP contribution < -0.4 is 16.0 Å². The minimum absolute atomic E-state index is 0. The molecule has 0 bridgehead atoms. The van der Waals surface area contributed by atoms with Gasteiger partial charge >= 0.3 is 0 Å². The molecule has 2 aliphatic rings. The normalized spacial score (nSPS) is 18.4. The number of hydrogen-bond donors (Lipinski definition) is 3. The molecule has 1 saturated heterocycles. The van der Waals surface area contributed by atoms with Crippen LogP contribution in [0.4, 0.5) is 0 Å². The topological polar surface area (TPSA) is 85.8 Å². The lowest BCUT2D eigenvalue weighted by Gasteiger charge is -2.22. The minimum Gasteiger partial charge on any atom is -0.357 e. The molecule has 0 aromatic carbocycles. The number of rotatable bonds is 6. The van der Waals surface area contributed by atoms with Gasteiger partial charge in [0.05, 0.1) is 6.54 Å². The van der Waals surface area contributed by atoms with Crippen LogP contribution in [0.25, 0.3) is 0 Å². The van der Waals surface area contributed by atoms with Crippen molar-refractivity contribution in [3.8, 4) is 0 Å². The number of nitrogens with one attached hydrogen (secondary N) is 3. The lowest BCUT2D eigenvalue weighted by molar-refractivity contribution is -0.128. The summed E-state index contributed by atoms with van der Waals surface area (Å²) in [5.41, 5.74) is 0. The molecule has 0 spiro atoms. The average Bonchev–Trinajstić information content (AvgIpc) is 3.12. The van der Waals surface area contributed by atoms with E-state index in [1.165, 1.54) is 19.3 Å². The fourth-order valence-electron chi connectivity index (χ4n) is 3.25. The summed E-state index contributed by atoms with van der Waals surface area (Å²) < 4.78 is 0. The van der Waals surface area contributed by atoms with Crippen LogP contribution in [0, 0.1) is 0 Å². The van der Waals surface area contributed by atoms with E-state index in [2.05, 4.69) is 20.9 Å². The van der Waals surface area contributed by atoms with E-state index in [1.807, 2.05) is 11.8 Å². The van der Waals surface area contributed by atoms with Crippen LogP contribution in [0.3, 0.4) is 0 Å². The van der Waals surface area contributed by atoms with E-state index >= 15 is 0 Å². The van der Waals surface area contributed by atoms with Crippen molar-refractivity contribution in [1.82, 2.24) is 20.9 Å². The van der Waals surface area contributed by atoms with Crippen molar-refractivity contribution in [2.24, 2.45) is 4.99 Å². The third-order valence-electron chi connectivity index (χ3n) is 4.56. The molecule has 25 heavy (non-hydrogen) atoms. The van der Waals surface area contributed by atoms with E-state index < -0.39 is 0 Å². The first-order valence-corrected chi connectivity index (χ1v) is 9.28. The van der Waals surface area contributed by atoms with Gasteiger partial charge in [0.1, 0.15) is 6.54 Å². The first-order chi connectivity index (χ1) is 11.7. The predicted octanol–water partition coefficient (Wildman–Crippen LogP) is 1.23. The summed E-state index contributed by atoms with van der Waals surface area (Å²) in [5, 5.41) is 9.15. The third-order valence-corrected chi connectivity index (χ3v) is 4.56. The summed E-state index contributed by atoms with van der Waals surface area (Å²) in [6, 6.07) is 0.300. The molecule has 7 nitrogen and oxygen atoms in total. The predicted molar refractivity (Wildman–Crippen MR) is 110 cm³/mol. The van der Waals surface area contributed by atoms with Gasteiger partial charge < -0.3 is 20.9 Å². The number of aliphatic imine (C=N–C) groups is 1.